The van der Waals surface area contributed by atoms with Gasteiger partial charge in [0.25, 0.3) is 0 Å². The molecule has 1 aliphatic heterocycles. The van der Waals surface area contributed by atoms with Crippen LogP contribution in [0, 0.1) is 11.8 Å². The van der Waals surface area contributed by atoms with E-state index in [1.165, 1.54) is 6.07 Å². The van der Waals surface area contributed by atoms with Gasteiger partial charge >= 0.3 is 6.18 Å². The Balaban J connectivity index is 1.93. The van der Waals surface area contributed by atoms with Gasteiger partial charge in [0.1, 0.15) is 0 Å². The van der Waals surface area contributed by atoms with Crippen molar-refractivity contribution >= 4 is 11.8 Å². The smallest absolute Gasteiger partial charge is 0.352 e. The van der Waals surface area contributed by atoms with Crippen LogP contribution in [-0.4, -0.2) is 29.8 Å². The zero-order valence-corrected chi connectivity index (χ0v) is 14.4. The molecule has 2 amide bonds. The molecule has 1 fully saturated rings. The van der Waals surface area contributed by atoms with Gasteiger partial charge in [-0.3, -0.25) is 9.59 Å². The summed E-state index contributed by atoms with van der Waals surface area (Å²) >= 11 is 0. The first kappa shape index (κ1) is 19.3. The Morgan fingerprint density at radius 1 is 1.32 bits per heavy atom. The van der Waals surface area contributed by atoms with E-state index in [9.17, 15) is 22.8 Å². The molecule has 1 aromatic rings. The summed E-state index contributed by atoms with van der Waals surface area (Å²) in [5.74, 6) is -0.636. The highest BCUT2D eigenvalue weighted by Crippen LogP contribution is 2.29. The first-order valence-corrected chi connectivity index (χ1v) is 8.41. The largest absolute Gasteiger partial charge is 0.416 e. The third-order valence-electron chi connectivity index (χ3n) is 4.32. The third kappa shape index (κ3) is 5.21. The van der Waals surface area contributed by atoms with E-state index in [1.54, 1.807) is 11.0 Å². The summed E-state index contributed by atoms with van der Waals surface area (Å²) in [7, 11) is 0. The number of rotatable bonds is 4. The van der Waals surface area contributed by atoms with E-state index >= 15 is 0 Å². The highest BCUT2D eigenvalue weighted by atomic mass is 19.4. The van der Waals surface area contributed by atoms with Crippen molar-refractivity contribution in [2.24, 2.45) is 11.8 Å². The van der Waals surface area contributed by atoms with Gasteiger partial charge in [0.05, 0.1) is 11.5 Å². The summed E-state index contributed by atoms with van der Waals surface area (Å²) in [4.78, 5) is 26.1. The molecule has 0 saturated carbocycles. The lowest BCUT2D eigenvalue weighted by molar-refractivity contribution is -0.139. The number of carbonyl (C=O) groups excluding carboxylic acids is 2. The zero-order chi connectivity index (χ0) is 18.6. The van der Waals surface area contributed by atoms with Gasteiger partial charge in [-0.05, 0) is 30.5 Å². The Labute approximate surface area is 145 Å². The number of alkyl halides is 3. The predicted octanol–water partition coefficient (Wildman–Crippen LogP) is 3.22. The van der Waals surface area contributed by atoms with Crippen molar-refractivity contribution in [3.63, 3.8) is 0 Å². The molecule has 1 saturated heterocycles. The molecule has 1 unspecified atom stereocenters. The molecule has 4 nitrogen and oxygen atoms in total. The number of amides is 2. The number of piperidine rings is 1. The first-order valence-electron chi connectivity index (χ1n) is 8.41. The molecule has 1 heterocycles. The van der Waals surface area contributed by atoms with Gasteiger partial charge in [-0.2, -0.15) is 13.2 Å². The van der Waals surface area contributed by atoms with Crippen LogP contribution in [0.15, 0.2) is 24.3 Å². The van der Waals surface area contributed by atoms with Crippen LogP contribution >= 0.6 is 0 Å². The van der Waals surface area contributed by atoms with Crippen molar-refractivity contribution in [3.8, 4) is 0 Å². The molecule has 7 heteroatoms. The summed E-state index contributed by atoms with van der Waals surface area (Å²) < 4.78 is 38.1. The average Bonchev–Trinajstić information content (AvgIpc) is 2.58. The monoisotopic (exact) mass is 356 g/mol. The maximum atomic E-state index is 12.7. The fourth-order valence-electron chi connectivity index (χ4n) is 2.95. The molecule has 0 spiro atoms. The number of nitrogens with one attached hydrogen (secondary N) is 1. The first-order chi connectivity index (χ1) is 11.7. The highest BCUT2D eigenvalue weighted by molar-refractivity contribution is 5.82. The number of hydrogen-bond acceptors (Lipinski definition) is 2. The average molecular weight is 356 g/mol. The third-order valence-corrected chi connectivity index (χ3v) is 4.32. The maximum absolute atomic E-state index is 12.7. The van der Waals surface area contributed by atoms with Gasteiger partial charge in [0.2, 0.25) is 11.8 Å². The molecule has 138 valence electrons. The van der Waals surface area contributed by atoms with Gasteiger partial charge in [0, 0.05) is 25.6 Å². The van der Waals surface area contributed by atoms with Crippen LogP contribution in [-0.2, 0) is 22.3 Å². The Bertz CT molecular complexity index is 629. The predicted molar refractivity (Wildman–Crippen MR) is 87.4 cm³/mol. The zero-order valence-electron chi connectivity index (χ0n) is 14.4. The number of nitrogens with zero attached hydrogens (tertiary/aromatic N) is 1. The molecular formula is C18H23F3N2O2. The quantitative estimate of drug-likeness (QED) is 0.901. The summed E-state index contributed by atoms with van der Waals surface area (Å²) in [5.41, 5.74) is -0.334. The Morgan fingerprint density at radius 3 is 2.68 bits per heavy atom. The van der Waals surface area contributed by atoms with Crippen LogP contribution in [0.25, 0.3) is 0 Å². The fraction of sp³-hybridized carbons (Fsp3) is 0.556. The minimum absolute atomic E-state index is 0.0235. The second kappa shape index (κ2) is 7.89. The standard InChI is InChI=1S/C18H23F3N2O2/c1-12(2)17(25)23-8-4-6-14(11-23)16(24)22-10-13-5-3-7-15(9-13)18(19,20)21/h3,5,7,9,12,14H,4,6,8,10-11H2,1-2H3,(H,22,24). The summed E-state index contributed by atoms with van der Waals surface area (Å²) in [5, 5.41) is 2.69. The molecule has 1 aliphatic rings. The number of likely N-dealkylation sites (tertiary alicyclic amines) is 1. The molecule has 0 radical (unpaired) electrons. The van der Waals surface area contributed by atoms with Crippen LogP contribution in [0.3, 0.4) is 0 Å². The molecule has 2 rings (SSSR count). The van der Waals surface area contributed by atoms with Crippen LogP contribution < -0.4 is 5.32 Å². The number of hydrogen-bond donors (Lipinski definition) is 1. The fourth-order valence-corrected chi connectivity index (χ4v) is 2.95. The van der Waals surface area contributed by atoms with Crippen LogP contribution in [0.5, 0.6) is 0 Å². The SMILES string of the molecule is CC(C)C(=O)N1CCCC(C(=O)NCc2cccc(C(F)(F)F)c2)C1. The Kier molecular flexibility index (Phi) is 6.08. The van der Waals surface area contributed by atoms with Gasteiger partial charge in [-0.15, -0.1) is 0 Å². The van der Waals surface area contributed by atoms with E-state index in [1.807, 2.05) is 13.8 Å². The Morgan fingerprint density at radius 2 is 2.04 bits per heavy atom. The topological polar surface area (TPSA) is 49.4 Å². The van der Waals surface area contributed by atoms with Crippen LogP contribution in [0.1, 0.15) is 37.8 Å². The summed E-state index contributed by atoms with van der Waals surface area (Å²) in [6.07, 6.45) is -2.97. The van der Waals surface area contributed by atoms with Gasteiger partial charge in [0.15, 0.2) is 0 Å². The maximum Gasteiger partial charge on any atom is 0.416 e. The van der Waals surface area contributed by atoms with Crippen LogP contribution in [0.2, 0.25) is 0 Å². The number of carbonyl (C=O) groups is 2. The number of halogens is 3. The molecular weight excluding hydrogens is 333 g/mol. The second-order valence-corrected chi connectivity index (χ2v) is 6.69. The molecule has 0 bridgehead atoms. The van der Waals surface area contributed by atoms with Crippen molar-refractivity contribution < 1.29 is 22.8 Å². The highest BCUT2D eigenvalue weighted by Gasteiger charge is 2.31. The lowest BCUT2D eigenvalue weighted by atomic mass is 9.96. The Hall–Kier alpha value is -2.05. The normalized spacial score (nSPS) is 18.3. The number of benzene rings is 1. The van der Waals surface area contributed by atoms with Crippen molar-refractivity contribution in [2.45, 2.75) is 39.4 Å². The van der Waals surface area contributed by atoms with Gasteiger partial charge in [-0.1, -0.05) is 26.0 Å². The summed E-state index contributed by atoms with van der Waals surface area (Å²) in [6, 6.07) is 4.91. The van der Waals surface area contributed by atoms with E-state index in [0.717, 1.165) is 18.6 Å². The molecule has 25 heavy (non-hydrogen) atoms. The van der Waals surface area contributed by atoms with Crippen LogP contribution in [0.4, 0.5) is 13.2 Å². The van der Waals surface area contributed by atoms with Gasteiger partial charge in [-0.25, -0.2) is 0 Å². The lowest BCUT2D eigenvalue weighted by Crippen LogP contribution is -2.46. The van der Waals surface area contributed by atoms with Crippen molar-refractivity contribution in [2.75, 3.05) is 13.1 Å². The van der Waals surface area contributed by atoms with E-state index in [4.69, 9.17) is 0 Å². The second-order valence-electron chi connectivity index (χ2n) is 6.69. The lowest BCUT2D eigenvalue weighted by Gasteiger charge is -2.33. The minimum Gasteiger partial charge on any atom is -0.352 e. The molecule has 1 atom stereocenters. The van der Waals surface area contributed by atoms with Crippen molar-refractivity contribution in [3.05, 3.63) is 35.4 Å². The van der Waals surface area contributed by atoms with E-state index < -0.39 is 11.7 Å². The molecule has 0 aromatic heterocycles. The molecule has 1 aromatic carbocycles. The van der Waals surface area contributed by atoms with E-state index in [0.29, 0.717) is 25.1 Å². The van der Waals surface area contributed by atoms with Crippen molar-refractivity contribution in [1.82, 2.24) is 10.2 Å². The minimum atomic E-state index is -4.40. The van der Waals surface area contributed by atoms with E-state index in [-0.39, 0.29) is 30.2 Å². The molecule has 0 aliphatic carbocycles. The molecule has 1 N–H and O–H groups in total. The van der Waals surface area contributed by atoms with Gasteiger partial charge < -0.3 is 10.2 Å². The summed E-state index contributed by atoms with van der Waals surface area (Å²) in [6.45, 7) is 4.69. The van der Waals surface area contributed by atoms with E-state index in [2.05, 4.69) is 5.32 Å². The van der Waals surface area contributed by atoms with Crippen molar-refractivity contribution in [1.29, 1.82) is 0 Å².